The van der Waals surface area contributed by atoms with Gasteiger partial charge in [-0.25, -0.2) is 0 Å². The fourth-order valence-corrected chi connectivity index (χ4v) is 8.74. The topological polar surface area (TPSA) is 6.48 Å². The smallest absolute Gasteiger partial charge is 0.0468 e. The Labute approximate surface area is 366 Å². The van der Waals surface area contributed by atoms with E-state index in [-0.39, 0.29) is 0 Å². The molecule has 1 aliphatic carbocycles. The second kappa shape index (κ2) is 16.4. The van der Waals surface area contributed by atoms with Gasteiger partial charge < -0.3 is 9.80 Å². The highest BCUT2D eigenvalue weighted by atomic mass is 15.1. The van der Waals surface area contributed by atoms with E-state index >= 15 is 0 Å². The summed E-state index contributed by atoms with van der Waals surface area (Å²) >= 11 is 0. The number of benzene rings is 9. The number of hydrogen-bond donors (Lipinski definition) is 0. The largest absolute Gasteiger partial charge is 0.310 e. The molecule has 0 atom stereocenters. The van der Waals surface area contributed by atoms with Crippen LogP contribution in [0.2, 0.25) is 0 Å². The zero-order chi connectivity index (χ0) is 42.2. The lowest BCUT2D eigenvalue weighted by molar-refractivity contribution is 1.27. The second-order valence-electron chi connectivity index (χ2n) is 16.6. The second-order valence-corrected chi connectivity index (χ2v) is 16.6. The summed E-state index contributed by atoms with van der Waals surface area (Å²) in [5.41, 5.74) is 23.7. The molecule has 0 saturated carbocycles. The van der Waals surface area contributed by atoms with Gasteiger partial charge in [0.15, 0.2) is 0 Å². The summed E-state index contributed by atoms with van der Waals surface area (Å²) < 4.78 is 0. The van der Waals surface area contributed by atoms with E-state index in [4.69, 9.17) is 0 Å². The molecule has 0 aromatic heterocycles. The molecule has 0 amide bonds. The molecule has 1 aliphatic rings. The zero-order valence-electron chi connectivity index (χ0n) is 35.7. The lowest BCUT2D eigenvalue weighted by Crippen LogP contribution is -2.11. The van der Waals surface area contributed by atoms with Crippen LogP contribution in [0.1, 0.15) is 33.4 Å². The normalized spacial score (nSPS) is 11.5. The lowest BCUT2D eigenvalue weighted by atomic mass is 9.80. The first kappa shape index (κ1) is 38.5. The number of aryl methyl sites for hydroxylation is 4. The summed E-state index contributed by atoms with van der Waals surface area (Å²) in [4.78, 5) is 4.75. The average Bonchev–Trinajstić information content (AvgIpc) is 3.31. The van der Waals surface area contributed by atoms with Gasteiger partial charge in [-0.1, -0.05) is 168 Å². The van der Waals surface area contributed by atoms with Crippen LogP contribution >= 0.6 is 0 Å². The van der Waals surface area contributed by atoms with Crippen LogP contribution in [0.5, 0.6) is 0 Å². The third kappa shape index (κ3) is 7.53. The highest BCUT2D eigenvalue weighted by Gasteiger charge is 2.25. The molecule has 0 aliphatic heterocycles. The van der Waals surface area contributed by atoms with Crippen molar-refractivity contribution in [3.05, 3.63) is 240 Å². The molecule has 9 aromatic carbocycles. The van der Waals surface area contributed by atoms with E-state index in [1.165, 1.54) is 72.3 Å². The SMILES string of the molecule is Cc1ccc(/C=C/c2ccc(N(c3ccc(C)cc3)c3ccc4c(c3)-c3ccccc3-c3ccc(N(c5ccc(C)cc5)c5ccc(C)cc5)cc3-c3ccccc3-4)cc2)cc1. The van der Waals surface area contributed by atoms with Gasteiger partial charge >= 0.3 is 0 Å². The van der Waals surface area contributed by atoms with Gasteiger partial charge in [-0.05, 0) is 156 Å². The quantitative estimate of drug-likeness (QED) is 0.141. The Hall–Kier alpha value is -7.68. The van der Waals surface area contributed by atoms with E-state index in [9.17, 15) is 0 Å². The van der Waals surface area contributed by atoms with Crippen molar-refractivity contribution in [3.8, 4) is 44.5 Å². The Morgan fingerprint density at radius 2 is 0.484 bits per heavy atom. The van der Waals surface area contributed by atoms with Gasteiger partial charge in [0.2, 0.25) is 0 Å². The summed E-state index contributed by atoms with van der Waals surface area (Å²) in [5.74, 6) is 0. The molecule has 298 valence electrons. The average molecular weight is 797 g/mol. The Bertz CT molecular complexity index is 3010. The van der Waals surface area contributed by atoms with Crippen LogP contribution in [0.25, 0.3) is 56.7 Å². The molecule has 9 aromatic rings. The van der Waals surface area contributed by atoms with Crippen molar-refractivity contribution in [1.82, 2.24) is 0 Å². The minimum atomic E-state index is 1.10. The minimum absolute atomic E-state index is 1.10. The maximum Gasteiger partial charge on any atom is 0.0468 e. The van der Waals surface area contributed by atoms with Crippen molar-refractivity contribution in [2.75, 3.05) is 9.80 Å². The van der Waals surface area contributed by atoms with Gasteiger partial charge in [-0.3, -0.25) is 0 Å². The molecule has 2 heteroatoms. The molecule has 0 bridgehead atoms. The molecule has 0 unspecified atom stereocenters. The van der Waals surface area contributed by atoms with E-state index in [2.05, 4.69) is 256 Å². The monoisotopic (exact) mass is 796 g/mol. The molecule has 0 fully saturated rings. The predicted octanol–water partition coefficient (Wildman–Crippen LogP) is 17.0. The summed E-state index contributed by atoms with van der Waals surface area (Å²) in [6.45, 7) is 8.55. The van der Waals surface area contributed by atoms with Crippen LogP contribution in [0, 0.1) is 27.7 Å². The van der Waals surface area contributed by atoms with Crippen molar-refractivity contribution in [3.63, 3.8) is 0 Å². The molecule has 62 heavy (non-hydrogen) atoms. The first-order chi connectivity index (χ1) is 30.4. The standard InChI is InChI=1S/C60H48N2/c1-41-13-21-45(22-14-41)23-24-46-25-33-50(34-26-46)62(49-31-19-44(4)20-32-49)52-36-38-58-53-9-5-7-11-55(53)59-39-51(35-37-57(59)54-10-6-8-12-56(54)60(58)40-52)61(47-27-15-42(2)16-28-47)48-29-17-43(3)18-30-48/h5-40H,1-4H3/b24-23+,57-54?,58-53?,59-55?,60-56?. The molecule has 0 saturated heterocycles. The van der Waals surface area contributed by atoms with Gasteiger partial charge in [-0.2, -0.15) is 0 Å². The van der Waals surface area contributed by atoms with Crippen molar-refractivity contribution >= 4 is 46.3 Å². The van der Waals surface area contributed by atoms with Gasteiger partial charge in [0, 0.05) is 34.1 Å². The van der Waals surface area contributed by atoms with Gasteiger partial charge in [-0.15, -0.1) is 0 Å². The van der Waals surface area contributed by atoms with Crippen molar-refractivity contribution in [1.29, 1.82) is 0 Å². The molecule has 0 spiro atoms. The zero-order valence-corrected chi connectivity index (χ0v) is 35.7. The number of nitrogens with zero attached hydrogens (tertiary/aromatic N) is 2. The number of hydrogen-bond acceptors (Lipinski definition) is 2. The fraction of sp³-hybridized carbons (Fsp3) is 0.0667. The number of fused-ring (bicyclic) bond motifs is 8. The molecule has 0 N–H and O–H groups in total. The molecular formula is C60H48N2. The Morgan fingerprint density at radius 1 is 0.242 bits per heavy atom. The van der Waals surface area contributed by atoms with Gasteiger partial charge in [0.05, 0.1) is 0 Å². The summed E-state index contributed by atoms with van der Waals surface area (Å²) in [5, 5.41) is 0. The highest BCUT2D eigenvalue weighted by molar-refractivity contribution is 6.05. The van der Waals surface area contributed by atoms with E-state index in [1.54, 1.807) is 0 Å². The van der Waals surface area contributed by atoms with E-state index in [0.29, 0.717) is 0 Å². The van der Waals surface area contributed by atoms with Crippen LogP contribution in [0.15, 0.2) is 206 Å². The van der Waals surface area contributed by atoms with E-state index in [1.807, 2.05) is 0 Å². The Balaban J connectivity index is 1.11. The summed E-state index contributed by atoms with van der Waals surface area (Å²) in [6, 6.07) is 75.9. The lowest BCUT2D eigenvalue weighted by Gasteiger charge is -2.30. The van der Waals surface area contributed by atoms with Crippen molar-refractivity contribution in [2.24, 2.45) is 0 Å². The maximum absolute atomic E-state index is 2.39. The summed E-state index contributed by atoms with van der Waals surface area (Å²) in [7, 11) is 0. The van der Waals surface area contributed by atoms with Gasteiger partial charge in [0.1, 0.15) is 0 Å². The van der Waals surface area contributed by atoms with E-state index < -0.39 is 0 Å². The molecule has 10 rings (SSSR count). The first-order valence-corrected chi connectivity index (χ1v) is 21.5. The van der Waals surface area contributed by atoms with Crippen LogP contribution in [0.3, 0.4) is 0 Å². The van der Waals surface area contributed by atoms with Crippen LogP contribution < -0.4 is 9.80 Å². The molecular weight excluding hydrogens is 749 g/mol. The number of rotatable bonds is 8. The Morgan fingerprint density at radius 3 is 0.823 bits per heavy atom. The molecule has 2 nitrogen and oxygen atoms in total. The van der Waals surface area contributed by atoms with E-state index in [0.717, 1.165) is 39.7 Å². The number of anilines is 6. The maximum atomic E-state index is 2.39. The fourth-order valence-electron chi connectivity index (χ4n) is 8.74. The third-order valence-corrected chi connectivity index (χ3v) is 12.1. The van der Waals surface area contributed by atoms with Crippen molar-refractivity contribution in [2.45, 2.75) is 27.7 Å². The van der Waals surface area contributed by atoms with Crippen LogP contribution in [-0.4, -0.2) is 0 Å². The van der Waals surface area contributed by atoms with Crippen LogP contribution in [0.4, 0.5) is 34.1 Å². The van der Waals surface area contributed by atoms with Gasteiger partial charge in [0.25, 0.3) is 0 Å². The molecule has 0 heterocycles. The first-order valence-electron chi connectivity index (χ1n) is 21.5. The minimum Gasteiger partial charge on any atom is -0.310 e. The van der Waals surface area contributed by atoms with Crippen LogP contribution in [-0.2, 0) is 0 Å². The van der Waals surface area contributed by atoms with Crippen molar-refractivity contribution < 1.29 is 0 Å². The summed E-state index contributed by atoms with van der Waals surface area (Å²) in [6.07, 6.45) is 4.37. The predicted molar refractivity (Wildman–Crippen MR) is 265 cm³/mol. The Kier molecular flexibility index (Phi) is 10.2. The third-order valence-electron chi connectivity index (χ3n) is 12.1. The molecule has 0 radical (unpaired) electrons. The highest BCUT2D eigenvalue weighted by Crippen LogP contribution is 2.51.